The van der Waals surface area contributed by atoms with Gasteiger partial charge in [-0.25, -0.2) is 4.98 Å². The van der Waals surface area contributed by atoms with Crippen molar-refractivity contribution in [2.45, 2.75) is 27.2 Å². The molecule has 0 saturated heterocycles. The second-order valence-electron chi connectivity index (χ2n) is 4.87. The molecule has 0 unspecified atom stereocenters. The summed E-state index contributed by atoms with van der Waals surface area (Å²) in [6.45, 7) is 7.72. The molecule has 0 aliphatic heterocycles. The van der Waals surface area contributed by atoms with Gasteiger partial charge in [0.2, 0.25) is 11.9 Å². The van der Waals surface area contributed by atoms with E-state index in [1.807, 2.05) is 13.8 Å². The molecule has 20 heavy (non-hydrogen) atoms. The van der Waals surface area contributed by atoms with Gasteiger partial charge < -0.3 is 16.0 Å². The number of nitrogens with one attached hydrogen (secondary N) is 3. The van der Waals surface area contributed by atoms with Gasteiger partial charge in [-0.2, -0.15) is 4.98 Å². The van der Waals surface area contributed by atoms with E-state index in [1.54, 1.807) is 0 Å². The molecule has 7 heteroatoms. The zero-order valence-corrected chi connectivity index (χ0v) is 12.9. The van der Waals surface area contributed by atoms with Crippen LogP contribution in [0.1, 0.15) is 27.2 Å². The summed E-state index contributed by atoms with van der Waals surface area (Å²) in [4.78, 5) is 19.9. The highest BCUT2D eigenvalue weighted by Gasteiger charge is 2.07. The number of nitrogens with zero attached hydrogens (tertiary/aromatic N) is 2. The smallest absolute Gasteiger partial charge is 0.239 e. The van der Waals surface area contributed by atoms with Gasteiger partial charge in [-0.3, -0.25) is 4.79 Å². The Labute approximate surface area is 124 Å². The summed E-state index contributed by atoms with van der Waals surface area (Å²) in [5.74, 6) is 1.30. The first-order chi connectivity index (χ1) is 9.52. The van der Waals surface area contributed by atoms with Crippen LogP contribution in [0.2, 0.25) is 5.02 Å². The van der Waals surface area contributed by atoms with E-state index in [2.05, 4.69) is 32.8 Å². The van der Waals surface area contributed by atoms with Gasteiger partial charge in [0.25, 0.3) is 0 Å². The summed E-state index contributed by atoms with van der Waals surface area (Å²) < 4.78 is 0. The molecule has 1 aromatic rings. The molecule has 0 fully saturated rings. The Kier molecular flexibility index (Phi) is 7.08. The second kappa shape index (κ2) is 8.58. The molecule has 0 spiro atoms. The summed E-state index contributed by atoms with van der Waals surface area (Å²) in [6.07, 6.45) is 2.49. The average molecular weight is 300 g/mol. The van der Waals surface area contributed by atoms with Crippen molar-refractivity contribution in [3.05, 3.63) is 11.2 Å². The number of carbonyl (C=O) groups excluding carboxylic acids is 1. The predicted molar refractivity (Wildman–Crippen MR) is 82.2 cm³/mol. The van der Waals surface area contributed by atoms with Crippen LogP contribution >= 0.6 is 11.6 Å². The van der Waals surface area contributed by atoms with Gasteiger partial charge in [-0.05, 0) is 12.3 Å². The van der Waals surface area contributed by atoms with Crippen LogP contribution in [-0.4, -0.2) is 35.5 Å². The predicted octanol–water partition coefficient (Wildman–Crippen LogP) is 2.14. The molecule has 3 N–H and O–H groups in total. The molecule has 0 bridgehead atoms. The van der Waals surface area contributed by atoms with E-state index < -0.39 is 0 Å². The monoisotopic (exact) mass is 299 g/mol. The minimum atomic E-state index is -0.0866. The number of carbonyl (C=O) groups is 1. The van der Waals surface area contributed by atoms with Crippen LogP contribution in [0.15, 0.2) is 6.20 Å². The first-order valence-electron chi connectivity index (χ1n) is 6.80. The lowest BCUT2D eigenvalue weighted by atomic mass is 10.2. The number of aromatic nitrogens is 2. The molecule has 1 heterocycles. The molecular formula is C13H22ClN5O. The van der Waals surface area contributed by atoms with Crippen LogP contribution in [0.25, 0.3) is 0 Å². The van der Waals surface area contributed by atoms with E-state index in [-0.39, 0.29) is 12.5 Å². The fourth-order valence-electron chi connectivity index (χ4n) is 1.36. The largest absolute Gasteiger partial charge is 0.360 e. The Bertz CT molecular complexity index is 439. The van der Waals surface area contributed by atoms with Crippen molar-refractivity contribution in [2.75, 3.05) is 30.3 Å². The number of anilines is 2. The number of amides is 1. The van der Waals surface area contributed by atoms with Gasteiger partial charge in [-0.15, -0.1) is 0 Å². The minimum Gasteiger partial charge on any atom is -0.360 e. The standard InChI is InChI=1S/C13H22ClN5O/c1-4-5-15-13-18-7-10(14)12(19-13)17-8-11(20)16-6-9(2)3/h7,9H,4-6,8H2,1-3H3,(H,16,20)(H2,15,17,18,19). The van der Waals surface area contributed by atoms with Gasteiger partial charge in [0.1, 0.15) is 5.02 Å². The molecule has 1 rings (SSSR count). The van der Waals surface area contributed by atoms with Crippen LogP contribution in [0, 0.1) is 5.92 Å². The van der Waals surface area contributed by atoms with Gasteiger partial charge in [0.05, 0.1) is 12.7 Å². The summed E-state index contributed by atoms with van der Waals surface area (Å²) in [6, 6.07) is 0. The van der Waals surface area contributed by atoms with Crippen LogP contribution in [0.3, 0.4) is 0 Å². The van der Waals surface area contributed by atoms with Crippen molar-refractivity contribution in [3.8, 4) is 0 Å². The fraction of sp³-hybridized carbons (Fsp3) is 0.615. The molecule has 1 aromatic heterocycles. The van der Waals surface area contributed by atoms with Crippen LogP contribution in [0.4, 0.5) is 11.8 Å². The summed E-state index contributed by atoms with van der Waals surface area (Å²) >= 11 is 5.99. The van der Waals surface area contributed by atoms with Crippen molar-refractivity contribution >= 4 is 29.3 Å². The van der Waals surface area contributed by atoms with Gasteiger partial charge in [-0.1, -0.05) is 32.4 Å². The Hall–Kier alpha value is -1.56. The Morgan fingerprint density at radius 3 is 2.80 bits per heavy atom. The van der Waals surface area contributed by atoms with E-state index in [1.165, 1.54) is 6.20 Å². The van der Waals surface area contributed by atoms with E-state index >= 15 is 0 Å². The molecule has 0 atom stereocenters. The Morgan fingerprint density at radius 2 is 2.15 bits per heavy atom. The van der Waals surface area contributed by atoms with E-state index in [0.717, 1.165) is 13.0 Å². The van der Waals surface area contributed by atoms with Gasteiger partial charge in [0, 0.05) is 13.1 Å². The minimum absolute atomic E-state index is 0.0866. The zero-order valence-electron chi connectivity index (χ0n) is 12.2. The highest BCUT2D eigenvalue weighted by atomic mass is 35.5. The summed E-state index contributed by atoms with van der Waals surface area (Å²) in [5.41, 5.74) is 0. The van der Waals surface area contributed by atoms with Crippen molar-refractivity contribution in [2.24, 2.45) is 5.92 Å². The average Bonchev–Trinajstić information content (AvgIpc) is 2.42. The second-order valence-corrected chi connectivity index (χ2v) is 5.28. The highest BCUT2D eigenvalue weighted by molar-refractivity contribution is 6.32. The maximum Gasteiger partial charge on any atom is 0.239 e. The molecule has 112 valence electrons. The third-order valence-electron chi connectivity index (χ3n) is 2.40. The summed E-state index contributed by atoms with van der Waals surface area (Å²) in [7, 11) is 0. The van der Waals surface area contributed by atoms with E-state index in [4.69, 9.17) is 11.6 Å². The number of rotatable bonds is 8. The topological polar surface area (TPSA) is 78.9 Å². The normalized spacial score (nSPS) is 10.4. The van der Waals surface area contributed by atoms with Crippen molar-refractivity contribution < 1.29 is 4.79 Å². The Balaban J connectivity index is 2.51. The third-order valence-corrected chi connectivity index (χ3v) is 2.68. The van der Waals surface area contributed by atoms with Crippen LogP contribution in [0.5, 0.6) is 0 Å². The lowest BCUT2D eigenvalue weighted by molar-refractivity contribution is -0.119. The zero-order chi connectivity index (χ0) is 15.0. The van der Waals surface area contributed by atoms with E-state index in [0.29, 0.717) is 29.3 Å². The molecule has 0 radical (unpaired) electrons. The third kappa shape index (κ3) is 6.06. The quantitative estimate of drug-likeness (QED) is 0.685. The molecule has 1 amide bonds. The highest BCUT2D eigenvalue weighted by Crippen LogP contribution is 2.18. The van der Waals surface area contributed by atoms with E-state index in [9.17, 15) is 4.79 Å². The number of hydrogen-bond acceptors (Lipinski definition) is 5. The first-order valence-corrected chi connectivity index (χ1v) is 7.17. The SMILES string of the molecule is CCCNc1ncc(Cl)c(NCC(=O)NCC(C)C)n1. The Morgan fingerprint density at radius 1 is 1.40 bits per heavy atom. The van der Waals surface area contributed by atoms with Crippen LogP contribution in [-0.2, 0) is 4.79 Å². The van der Waals surface area contributed by atoms with Crippen molar-refractivity contribution in [1.29, 1.82) is 0 Å². The molecule has 0 aromatic carbocycles. The number of hydrogen-bond donors (Lipinski definition) is 3. The van der Waals surface area contributed by atoms with Crippen molar-refractivity contribution in [1.82, 2.24) is 15.3 Å². The molecule has 6 nitrogen and oxygen atoms in total. The van der Waals surface area contributed by atoms with Crippen LogP contribution < -0.4 is 16.0 Å². The van der Waals surface area contributed by atoms with Crippen molar-refractivity contribution in [3.63, 3.8) is 0 Å². The van der Waals surface area contributed by atoms with Gasteiger partial charge in [0.15, 0.2) is 5.82 Å². The lowest BCUT2D eigenvalue weighted by Crippen LogP contribution is -2.32. The molecule has 0 aliphatic rings. The van der Waals surface area contributed by atoms with Gasteiger partial charge >= 0.3 is 0 Å². The maximum atomic E-state index is 11.6. The first kappa shape index (κ1) is 16.5. The molecule has 0 aliphatic carbocycles. The molecular weight excluding hydrogens is 278 g/mol. The molecule has 0 saturated carbocycles. The number of halogens is 1. The fourth-order valence-corrected chi connectivity index (χ4v) is 1.52. The summed E-state index contributed by atoms with van der Waals surface area (Å²) in [5, 5.41) is 9.20. The lowest BCUT2D eigenvalue weighted by Gasteiger charge is -2.11. The maximum absolute atomic E-state index is 11.6.